The fourth-order valence-electron chi connectivity index (χ4n) is 2.40. The van der Waals surface area contributed by atoms with Crippen molar-refractivity contribution in [3.8, 4) is 0 Å². The van der Waals surface area contributed by atoms with Crippen LogP contribution in [0.3, 0.4) is 0 Å². The number of nitrogens with one attached hydrogen (secondary N) is 1. The maximum atomic E-state index is 4.44. The molecule has 1 N–H and O–H groups in total. The lowest BCUT2D eigenvalue weighted by atomic mass is 10.1. The Kier molecular flexibility index (Phi) is 5.22. The summed E-state index contributed by atoms with van der Waals surface area (Å²) in [5.41, 5.74) is 0. The minimum atomic E-state index is 0.751. The van der Waals surface area contributed by atoms with Gasteiger partial charge in [0.15, 0.2) is 5.96 Å². The van der Waals surface area contributed by atoms with E-state index in [4.69, 9.17) is 0 Å². The van der Waals surface area contributed by atoms with Crippen LogP contribution in [0.1, 0.15) is 33.1 Å². The molecule has 2 aliphatic rings. The molecule has 0 radical (unpaired) electrons. The van der Waals surface area contributed by atoms with Crippen molar-refractivity contribution in [2.75, 3.05) is 32.4 Å². The highest BCUT2D eigenvalue weighted by atomic mass is 32.2. The Hall–Kier alpha value is -0.380. The van der Waals surface area contributed by atoms with Crippen LogP contribution in [0.4, 0.5) is 0 Å². The molecule has 4 heteroatoms. The molecule has 1 saturated heterocycles. The first-order chi connectivity index (χ1) is 8.70. The standard InChI is InChI=1S/C14H27N3S/c1-11(2)13-10-17(8-9-18-13)14(15-3)16-7-6-12-4-5-12/h11-13H,4-10H2,1-3H3,(H,15,16). The summed E-state index contributed by atoms with van der Waals surface area (Å²) in [5, 5.41) is 4.29. The fourth-order valence-corrected chi connectivity index (χ4v) is 3.70. The highest BCUT2D eigenvalue weighted by Gasteiger charge is 2.25. The van der Waals surface area contributed by atoms with Gasteiger partial charge < -0.3 is 10.2 Å². The predicted molar refractivity (Wildman–Crippen MR) is 81.4 cm³/mol. The molecular formula is C14H27N3S. The van der Waals surface area contributed by atoms with Crippen molar-refractivity contribution in [3.05, 3.63) is 0 Å². The molecule has 1 atom stereocenters. The summed E-state index contributed by atoms with van der Waals surface area (Å²) in [6.07, 6.45) is 4.20. The molecule has 0 bridgehead atoms. The summed E-state index contributed by atoms with van der Waals surface area (Å²) in [4.78, 5) is 6.88. The Morgan fingerprint density at radius 2 is 2.22 bits per heavy atom. The Labute approximate surface area is 116 Å². The number of thioether (sulfide) groups is 1. The van der Waals surface area contributed by atoms with E-state index >= 15 is 0 Å². The van der Waals surface area contributed by atoms with Gasteiger partial charge in [-0.2, -0.15) is 11.8 Å². The molecule has 1 heterocycles. The van der Waals surface area contributed by atoms with Gasteiger partial charge in [-0.1, -0.05) is 26.7 Å². The van der Waals surface area contributed by atoms with Crippen molar-refractivity contribution in [2.45, 2.75) is 38.4 Å². The minimum absolute atomic E-state index is 0.751. The van der Waals surface area contributed by atoms with Crippen molar-refractivity contribution in [3.63, 3.8) is 0 Å². The average Bonchev–Trinajstić information content (AvgIpc) is 3.19. The maximum Gasteiger partial charge on any atom is 0.193 e. The number of aliphatic imine (C=N–C) groups is 1. The van der Waals surface area contributed by atoms with Gasteiger partial charge in [-0.25, -0.2) is 0 Å². The van der Waals surface area contributed by atoms with Gasteiger partial charge in [0, 0.05) is 37.7 Å². The molecule has 0 amide bonds. The molecule has 0 aromatic carbocycles. The summed E-state index contributed by atoms with van der Waals surface area (Å²) in [5.74, 6) is 4.09. The van der Waals surface area contributed by atoms with Crippen molar-refractivity contribution in [1.82, 2.24) is 10.2 Å². The summed E-state index contributed by atoms with van der Waals surface area (Å²) in [6.45, 7) is 8.02. The third-order valence-corrected chi connectivity index (χ3v) is 5.42. The van der Waals surface area contributed by atoms with Crippen LogP contribution in [0, 0.1) is 11.8 Å². The number of hydrogen-bond donors (Lipinski definition) is 1. The second-order valence-corrected chi connectivity index (χ2v) is 7.15. The number of nitrogens with zero attached hydrogens (tertiary/aromatic N) is 2. The van der Waals surface area contributed by atoms with Crippen molar-refractivity contribution >= 4 is 17.7 Å². The van der Waals surface area contributed by atoms with Crippen LogP contribution >= 0.6 is 11.8 Å². The average molecular weight is 269 g/mol. The van der Waals surface area contributed by atoms with E-state index in [1.807, 2.05) is 7.05 Å². The zero-order valence-corrected chi connectivity index (χ0v) is 12.8. The van der Waals surface area contributed by atoms with Crippen LogP contribution in [0.2, 0.25) is 0 Å². The third kappa shape index (κ3) is 4.08. The lowest BCUT2D eigenvalue weighted by molar-refractivity contribution is 0.380. The van der Waals surface area contributed by atoms with Gasteiger partial charge in [0.1, 0.15) is 0 Å². The largest absolute Gasteiger partial charge is 0.356 e. The van der Waals surface area contributed by atoms with Crippen LogP contribution < -0.4 is 5.32 Å². The van der Waals surface area contributed by atoms with E-state index in [9.17, 15) is 0 Å². The molecular weight excluding hydrogens is 242 g/mol. The normalized spacial score (nSPS) is 25.7. The van der Waals surface area contributed by atoms with Crippen molar-refractivity contribution in [2.24, 2.45) is 16.8 Å². The fraction of sp³-hybridized carbons (Fsp3) is 0.929. The van der Waals surface area contributed by atoms with E-state index in [-0.39, 0.29) is 0 Å². The van der Waals surface area contributed by atoms with Crippen molar-refractivity contribution < 1.29 is 0 Å². The first kappa shape index (κ1) is 14.0. The number of guanidine groups is 1. The van der Waals surface area contributed by atoms with Crippen LogP contribution in [-0.4, -0.2) is 48.5 Å². The molecule has 18 heavy (non-hydrogen) atoms. The third-order valence-electron chi connectivity index (χ3n) is 3.88. The van der Waals surface area contributed by atoms with Gasteiger partial charge in [-0.05, 0) is 18.3 Å². The zero-order valence-electron chi connectivity index (χ0n) is 12.0. The van der Waals surface area contributed by atoms with E-state index in [1.54, 1.807) is 0 Å². The molecule has 0 spiro atoms. The highest BCUT2D eigenvalue weighted by Crippen LogP contribution is 2.31. The molecule has 0 aromatic rings. The summed E-state index contributed by atoms with van der Waals surface area (Å²) in [6, 6.07) is 0. The number of rotatable bonds is 4. The lowest BCUT2D eigenvalue weighted by Gasteiger charge is -2.36. The molecule has 1 aliphatic carbocycles. The predicted octanol–water partition coefficient (Wildman–Crippen LogP) is 2.44. The zero-order chi connectivity index (χ0) is 13.0. The molecule has 2 rings (SSSR count). The molecule has 1 unspecified atom stereocenters. The molecule has 2 fully saturated rings. The molecule has 1 saturated carbocycles. The smallest absolute Gasteiger partial charge is 0.193 e. The first-order valence-electron chi connectivity index (χ1n) is 7.28. The highest BCUT2D eigenvalue weighted by molar-refractivity contribution is 8.00. The number of hydrogen-bond acceptors (Lipinski definition) is 2. The van der Waals surface area contributed by atoms with Crippen LogP contribution in [0.25, 0.3) is 0 Å². The Bertz CT molecular complexity index is 287. The van der Waals surface area contributed by atoms with Gasteiger partial charge in [0.25, 0.3) is 0 Å². The summed E-state index contributed by atoms with van der Waals surface area (Å²) < 4.78 is 0. The molecule has 3 nitrogen and oxygen atoms in total. The van der Waals surface area contributed by atoms with Gasteiger partial charge in [-0.3, -0.25) is 4.99 Å². The first-order valence-corrected chi connectivity index (χ1v) is 8.32. The van der Waals surface area contributed by atoms with Gasteiger partial charge in [-0.15, -0.1) is 0 Å². The van der Waals surface area contributed by atoms with E-state index in [0.29, 0.717) is 0 Å². The van der Waals surface area contributed by atoms with Gasteiger partial charge >= 0.3 is 0 Å². The molecule has 104 valence electrons. The Morgan fingerprint density at radius 3 is 2.83 bits per heavy atom. The maximum absolute atomic E-state index is 4.44. The minimum Gasteiger partial charge on any atom is -0.356 e. The van der Waals surface area contributed by atoms with Gasteiger partial charge in [0.2, 0.25) is 0 Å². The Morgan fingerprint density at radius 1 is 1.44 bits per heavy atom. The second-order valence-electron chi connectivity index (χ2n) is 5.81. The van der Waals surface area contributed by atoms with E-state index < -0.39 is 0 Å². The van der Waals surface area contributed by atoms with Crippen LogP contribution in [-0.2, 0) is 0 Å². The lowest BCUT2D eigenvalue weighted by Crippen LogP contribution is -2.49. The van der Waals surface area contributed by atoms with Gasteiger partial charge in [0.05, 0.1) is 0 Å². The quantitative estimate of drug-likeness (QED) is 0.627. The molecule has 0 aromatic heterocycles. The van der Waals surface area contributed by atoms with E-state index in [2.05, 4.69) is 40.8 Å². The van der Waals surface area contributed by atoms with Crippen LogP contribution in [0.15, 0.2) is 4.99 Å². The van der Waals surface area contributed by atoms with Crippen LogP contribution in [0.5, 0.6) is 0 Å². The monoisotopic (exact) mass is 269 g/mol. The summed E-state index contributed by atoms with van der Waals surface area (Å²) >= 11 is 2.12. The topological polar surface area (TPSA) is 27.6 Å². The SMILES string of the molecule is CN=C(NCCC1CC1)N1CCSC(C(C)C)C1. The summed E-state index contributed by atoms with van der Waals surface area (Å²) in [7, 11) is 1.91. The Balaban J connectivity index is 1.78. The van der Waals surface area contributed by atoms with E-state index in [0.717, 1.165) is 42.7 Å². The van der Waals surface area contributed by atoms with Crippen molar-refractivity contribution in [1.29, 1.82) is 0 Å². The molecule has 1 aliphatic heterocycles. The van der Waals surface area contributed by atoms with E-state index in [1.165, 1.54) is 25.0 Å². The second kappa shape index (κ2) is 6.69.